The van der Waals surface area contributed by atoms with E-state index in [2.05, 4.69) is 24.5 Å². The maximum absolute atomic E-state index is 12.9. The SMILES string of the molecule is CCc1cccc([C@H](C)CC)c1NC(=O)C[C@H]1C(=O)Nc2ccccc2S1(=O)=O. The van der Waals surface area contributed by atoms with Crippen molar-refractivity contribution in [1.82, 2.24) is 0 Å². The van der Waals surface area contributed by atoms with Gasteiger partial charge in [-0.25, -0.2) is 8.42 Å². The first-order valence-corrected chi connectivity index (χ1v) is 11.4. The van der Waals surface area contributed by atoms with Crippen LogP contribution in [0.1, 0.15) is 50.7 Å². The Balaban J connectivity index is 1.88. The molecule has 1 heterocycles. The number of benzene rings is 2. The summed E-state index contributed by atoms with van der Waals surface area (Å²) in [6.45, 7) is 6.16. The molecule has 1 aliphatic heterocycles. The summed E-state index contributed by atoms with van der Waals surface area (Å²) in [4.78, 5) is 25.3. The van der Waals surface area contributed by atoms with Crippen molar-refractivity contribution in [2.24, 2.45) is 0 Å². The van der Waals surface area contributed by atoms with Gasteiger partial charge in [-0.3, -0.25) is 9.59 Å². The second kappa shape index (κ2) is 8.37. The number of fused-ring (bicyclic) bond motifs is 1. The topological polar surface area (TPSA) is 92.3 Å². The van der Waals surface area contributed by atoms with E-state index >= 15 is 0 Å². The lowest BCUT2D eigenvalue weighted by molar-refractivity contribution is -0.121. The van der Waals surface area contributed by atoms with E-state index in [1.165, 1.54) is 12.1 Å². The van der Waals surface area contributed by atoms with Crippen LogP contribution in [0.25, 0.3) is 0 Å². The molecule has 0 radical (unpaired) electrons. The maximum Gasteiger partial charge on any atom is 0.243 e. The summed E-state index contributed by atoms with van der Waals surface area (Å²) in [6.07, 6.45) is 1.21. The summed E-state index contributed by atoms with van der Waals surface area (Å²) in [5, 5.41) is 4.04. The molecule has 0 aliphatic carbocycles. The predicted octanol–water partition coefficient (Wildman–Crippen LogP) is 3.89. The largest absolute Gasteiger partial charge is 0.326 e. The average molecular weight is 415 g/mol. The summed E-state index contributed by atoms with van der Waals surface area (Å²) >= 11 is 0. The molecule has 2 N–H and O–H groups in total. The van der Waals surface area contributed by atoms with Crippen molar-refractivity contribution in [1.29, 1.82) is 0 Å². The number of amides is 2. The highest BCUT2D eigenvalue weighted by Gasteiger charge is 2.41. The molecule has 2 amide bonds. The number of hydrogen-bond acceptors (Lipinski definition) is 4. The van der Waals surface area contributed by atoms with Crippen LogP contribution in [0.15, 0.2) is 47.4 Å². The van der Waals surface area contributed by atoms with E-state index in [9.17, 15) is 18.0 Å². The van der Waals surface area contributed by atoms with Crippen LogP contribution in [0.2, 0.25) is 0 Å². The molecule has 0 unspecified atom stereocenters. The Bertz CT molecular complexity index is 1050. The molecule has 0 spiro atoms. The van der Waals surface area contributed by atoms with Crippen LogP contribution in [0.4, 0.5) is 11.4 Å². The monoisotopic (exact) mass is 414 g/mol. The van der Waals surface area contributed by atoms with E-state index in [-0.39, 0.29) is 16.5 Å². The van der Waals surface area contributed by atoms with Gasteiger partial charge >= 0.3 is 0 Å². The molecule has 2 atom stereocenters. The smallest absolute Gasteiger partial charge is 0.243 e. The molecule has 7 heteroatoms. The predicted molar refractivity (Wildman–Crippen MR) is 114 cm³/mol. The van der Waals surface area contributed by atoms with Gasteiger partial charge in [-0.15, -0.1) is 0 Å². The quantitative estimate of drug-likeness (QED) is 0.750. The third-order valence-corrected chi connectivity index (χ3v) is 7.56. The van der Waals surface area contributed by atoms with Gasteiger partial charge in [0.15, 0.2) is 15.1 Å². The molecule has 6 nitrogen and oxygen atoms in total. The van der Waals surface area contributed by atoms with Crippen LogP contribution >= 0.6 is 0 Å². The number of carbonyl (C=O) groups is 2. The number of para-hydroxylation sites is 2. The van der Waals surface area contributed by atoms with Crippen molar-refractivity contribution < 1.29 is 18.0 Å². The molecule has 2 aromatic rings. The zero-order chi connectivity index (χ0) is 21.2. The van der Waals surface area contributed by atoms with Gasteiger partial charge in [-0.2, -0.15) is 0 Å². The number of rotatable bonds is 6. The molecule has 1 aliphatic rings. The van der Waals surface area contributed by atoms with Crippen LogP contribution in [0, 0.1) is 0 Å². The fourth-order valence-corrected chi connectivity index (χ4v) is 5.30. The summed E-state index contributed by atoms with van der Waals surface area (Å²) in [5.41, 5.74) is 2.98. The lowest BCUT2D eigenvalue weighted by Crippen LogP contribution is -2.42. The van der Waals surface area contributed by atoms with Crippen LogP contribution in [-0.4, -0.2) is 25.5 Å². The molecule has 0 saturated carbocycles. The highest BCUT2D eigenvalue weighted by molar-refractivity contribution is 7.93. The van der Waals surface area contributed by atoms with Gasteiger partial charge in [0, 0.05) is 5.69 Å². The van der Waals surface area contributed by atoms with E-state index in [1.807, 2.05) is 25.1 Å². The van der Waals surface area contributed by atoms with Gasteiger partial charge in [-0.1, -0.05) is 51.1 Å². The van der Waals surface area contributed by atoms with E-state index in [4.69, 9.17) is 0 Å². The van der Waals surface area contributed by atoms with Crippen LogP contribution in [-0.2, 0) is 25.8 Å². The van der Waals surface area contributed by atoms with E-state index in [0.29, 0.717) is 0 Å². The number of anilines is 2. The Morgan fingerprint density at radius 1 is 1.14 bits per heavy atom. The minimum atomic E-state index is -3.94. The average Bonchev–Trinajstić information content (AvgIpc) is 2.70. The zero-order valence-corrected chi connectivity index (χ0v) is 17.7. The lowest BCUT2D eigenvalue weighted by atomic mass is 9.93. The second-order valence-corrected chi connectivity index (χ2v) is 9.41. The van der Waals surface area contributed by atoms with Crippen molar-refractivity contribution >= 4 is 33.0 Å². The molecule has 2 aromatic carbocycles. The Labute approximate surface area is 171 Å². The first-order chi connectivity index (χ1) is 13.8. The molecule has 0 bridgehead atoms. The number of nitrogens with one attached hydrogen (secondary N) is 2. The maximum atomic E-state index is 12.9. The molecular formula is C22H26N2O4S. The van der Waals surface area contributed by atoms with Crippen molar-refractivity contribution in [2.45, 2.75) is 56.1 Å². The van der Waals surface area contributed by atoms with Gasteiger partial charge in [0.1, 0.15) is 0 Å². The first-order valence-electron chi connectivity index (χ1n) is 9.85. The Morgan fingerprint density at radius 2 is 1.86 bits per heavy atom. The molecule has 154 valence electrons. The minimum absolute atomic E-state index is 0.0478. The molecular weight excluding hydrogens is 388 g/mol. The summed E-state index contributed by atoms with van der Waals surface area (Å²) in [7, 11) is -3.94. The van der Waals surface area contributed by atoms with Crippen LogP contribution < -0.4 is 10.6 Å². The zero-order valence-electron chi connectivity index (χ0n) is 16.9. The Morgan fingerprint density at radius 3 is 2.55 bits per heavy atom. The van der Waals surface area contributed by atoms with Crippen LogP contribution in [0.5, 0.6) is 0 Å². The summed E-state index contributed by atoms with van der Waals surface area (Å²) in [5.74, 6) is -0.922. The van der Waals surface area contributed by atoms with Gasteiger partial charge < -0.3 is 10.6 Å². The van der Waals surface area contributed by atoms with Crippen molar-refractivity contribution in [2.75, 3.05) is 10.6 Å². The summed E-state index contributed by atoms with van der Waals surface area (Å²) < 4.78 is 25.8. The first kappa shape index (κ1) is 21.0. The number of aryl methyl sites for hydroxylation is 1. The van der Waals surface area contributed by atoms with Gasteiger partial charge in [0.25, 0.3) is 0 Å². The normalized spacial score (nSPS) is 18.4. The van der Waals surface area contributed by atoms with E-state index < -0.39 is 33.3 Å². The molecule has 3 rings (SSSR count). The highest BCUT2D eigenvalue weighted by Crippen LogP contribution is 2.33. The molecule has 0 aromatic heterocycles. The minimum Gasteiger partial charge on any atom is -0.326 e. The lowest BCUT2D eigenvalue weighted by Gasteiger charge is -2.25. The molecule has 29 heavy (non-hydrogen) atoms. The fourth-order valence-electron chi connectivity index (χ4n) is 3.58. The van der Waals surface area contributed by atoms with Gasteiger partial charge in [-0.05, 0) is 42.0 Å². The van der Waals surface area contributed by atoms with Crippen LogP contribution in [0.3, 0.4) is 0 Å². The summed E-state index contributed by atoms with van der Waals surface area (Å²) in [6, 6.07) is 12.1. The third kappa shape index (κ3) is 4.05. The number of sulfone groups is 1. The Kier molecular flexibility index (Phi) is 6.07. The molecule has 0 saturated heterocycles. The molecule has 0 fully saturated rings. The number of hydrogen-bond donors (Lipinski definition) is 2. The van der Waals surface area contributed by atoms with E-state index in [0.717, 1.165) is 29.7 Å². The van der Waals surface area contributed by atoms with Gasteiger partial charge in [0.05, 0.1) is 17.0 Å². The third-order valence-electron chi connectivity index (χ3n) is 5.46. The van der Waals surface area contributed by atoms with Crippen molar-refractivity contribution in [3.63, 3.8) is 0 Å². The highest BCUT2D eigenvalue weighted by atomic mass is 32.2. The standard InChI is InChI=1S/C22H26N2O4S/c1-4-14(3)16-10-8-9-15(5-2)21(16)24-20(25)13-19-22(26)23-17-11-6-7-12-18(17)29(19,27)28/h6-12,14,19H,4-5,13H2,1-3H3,(H,23,26)(H,24,25)/t14-,19+/m1/s1. The number of carbonyl (C=O) groups excluding carboxylic acids is 2. The fraction of sp³-hybridized carbons (Fsp3) is 0.364. The second-order valence-electron chi connectivity index (χ2n) is 7.32. The van der Waals surface area contributed by atoms with Gasteiger partial charge in [0.2, 0.25) is 11.8 Å². The Hall–Kier alpha value is -2.67. The van der Waals surface area contributed by atoms with Crippen molar-refractivity contribution in [3.05, 3.63) is 53.6 Å². The van der Waals surface area contributed by atoms with Crippen molar-refractivity contribution in [3.8, 4) is 0 Å². The van der Waals surface area contributed by atoms with E-state index in [1.54, 1.807) is 12.1 Å².